The lowest BCUT2D eigenvalue weighted by Gasteiger charge is -2.22. The fourth-order valence-electron chi connectivity index (χ4n) is 0.889. The van der Waals surface area contributed by atoms with Gasteiger partial charge in [-0.1, -0.05) is 26.7 Å². The molecule has 0 saturated heterocycles. The molecule has 2 N–H and O–H groups in total. The van der Waals surface area contributed by atoms with E-state index < -0.39 is 0 Å². The molecule has 0 fully saturated rings. The zero-order valence-electron chi connectivity index (χ0n) is 9.11. The van der Waals surface area contributed by atoms with Crippen molar-refractivity contribution in [2.24, 2.45) is 5.41 Å². The molecule has 0 atom stereocenters. The van der Waals surface area contributed by atoms with Crippen LogP contribution in [0.2, 0.25) is 0 Å². The van der Waals surface area contributed by atoms with Gasteiger partial charge in [0.2, 0.25) is 0 Å². The number of rotatable bonds is 7. The number of hydrogen-bond donors (Lipinski definition) is 2. The largest absolute Gasteiger partial charge is 0.315 e. The van der Waals surface area contributed by atoms with Gasteiger partial charge in [-0.25, -0.2) is 0 Å². The quantitative estimate of drug-likeness (QED) is 0.457. The van der Waals surface area contributed by atoms with Gasteiger partial charge in [0.25, 0.3) is 0 Å². The smallest absolute Gasteiger partial charge is 0.0574 e. The van der Waals surface area contributed by atoms with Crippen molar-refractivity contribution in [2.75, 3.05) is 26.2 Å². The molecule has 0 aliphatic rings. The Bertz CT molecular complexity index is 156. The van der Waals surface area contributed by atoms with Gasteiger partial charge in [-0.2, -0.15) is 0 Å². The van der Waals surface area contributed by atoms with E-state index in [0.717, 1.165) is 19.6 Å². The van der Waals surface area contributed by atoms with Gasteiger partial charge < -0.3 is 10.6 Å². The van der Waals surface area contributed by atoms with E-state index in [1.165, 1.54) is 6.42 Å². The van der Waals surface area contributed by atoms with Crippen LogP contribution >= 0.6 is 0 Å². The second-order valence-corrected chi connectivity index (χ2v) is 4.08. The highest BCUT2D eigenvalue weighted by Gasteiger charge is 2.13. The van der Waals surface area contributed by atoms with Crippen molar-refractivity contribution in [3.05, 3.63) is 0 Å². The molecular formula is C11H22N2. The predicted molar refractivity (Wildman–Crippen MR) is 58.6 cm³/mol. The van der Waals surface area contributed by atoms with Crippen LogP contribution in [-0.4, -0.2) is 26.2 Å². The molecule has 0 aromatic carbocycles. The minimum atomic E-state index is 0.409. The highest BCUT2D eigenvalue weighted by atomic mass is 14.9. The maximum atomic E-state index is 5.10. The summed E-state index contributed by atoms with van der Waals surface area (Å²) in [5.41, 5.74) is 0.409. The SMILES string of the molecule is C#CCNCCNCC(C)(C)CC. The molecule has 0 aliphatic carbocycles. The van der Waals surface area contributed by atoms with Crippen LogP contribution in [0.1, 0.15) is 27.2 Å². The van der Waals surface area contributed by atoms with Crippen LogP contribution in [0.15, 0.2) is 0 Å². The van der Waals surface area contributed by atoms with Crippen LogP contribution in [0.3, 0.4) is 0 Å². The molecule has 0 spiro atoms. The van der Waals surface area contributed by atoms with Crippen molar-refractivity contribution in [3.8, 4) is 12.3 Å². The summed E-state index contributed by atoms with van der Waals surface area (Å²) in [6.45, 7) is 10.4. The van der Waals surface area contributed by atoms with Gasteiger partial charge in [0.05, 0.1) is 6.54 Å². The molecule has 0 aromatic heterocycles. The lowest BCUT2D eigenvalue weighted by Crippen LogP contribution is -2.34. The van der Waals surface area contributed by atoms with E-state index in [4.69, 9.17) is 6.42 Å². The summed E-state index contributed by atoms with van der Waals surface area (Å²) in [5, 5.41) is 6.55. The van der Waals surface area contributed by atoms with E-state index in [2.05, 4.69) is 37.3 Å². The van der Waals surface area contributed by atoms with Crippen molar-refractivity contribution < 1.29 is 0 Å². The van der Waals surface area contributed by atoms with E-state index in [-0.39, 0.29) is 0 Å². The van der Waals surface area contributed by atoms with Gasteiger partial charge in [0.1, 0.15) is 0 Å². The molecule has 2 heteroatoms. The molecule has 0 heterocycles. The van der Waals surface area contributed by atoms with Crippen molar-refractivity contribution in [1.82, 2.24) is 10.6 Å². The van der Waals surface area contributed by atoms with E-state index in [1.807, 2.05) is 0 Å². The monoisotopic (exact) mass is 182 g/mol. The first-order valence-corrected chi connectivity index (χ1v) is 4.97. The molecule has 0 amide bonds. The molecular weight excluding hydrogens is 160 g/mol. The second kappa shape index (κ2) is 6.94. The summed E-state index contributed by atoms with van der Waals surface area (Å²) in [6, 6.07) is 0. The van der Waals surface area contributed by atoms with Crippen molar-refractivity contribution >= 4 is 0 Å². The Morgan fingerprint density at radius 1 is 1.23 bits per heavy atom. The second-order valence-electron chi connectivity index (χ2n) is 4.08. The Morgan fingerprint density at radius 3 is 2.38 bits per heavy atom. The van der Waals surface area contributed by atoms with Crippen molar-refractivity contribution in [2.45, 2.75) is 27.2 Å². The molecule has 0 aliphatic heterocycles. The van der Waals surface area contributed by atoms with E-state index in [0.29, 0.717) is 12.0 Å². The molecule has 76 valence electrons. The average Bonchev–Trinajstić information content (AvgIpc) is 2.11. The maximum Gasteiger partial charge on any atom is 0.0574 e. The van der Waals surface area contributed by atoms with Crippen molar-refractivity contribution in [1.29, 1.82) is 0 Å². The lowest BCUT2D eigenvalue weighted by atomic mass is 9.90. The first-order valence-electron chi connectivity index (χ1n) is 4.97. The summed E-state index contributed by atoms with van der Waals surface area (Å²) in [4.78, 5) is 0. The lowest BCUT2D eigenvalue weighted by molar-refractivity contribution is 0.329. The Kier molecular flexibility index (Phi) is 6.66. The molecule has 0 rings (SSSR count). The first-order chi connectivity index (χ1) is 6.12. The standard InChI is InChI=1S/C11H22N2/c1-5-7-12-8-9-13-10-11(3,4)6-2/h1,12-13H,6-10H2,2-4H3. The molecule has 0 bridgehead atoms. The zero-order chi connectivity index (χ0) is 10.2. The Hall–Kier alpha value is -0.520. The van der Waals surface area contributed by atoms with Crippen LogP contribution in [0.4, 0.5) is 0 Å². The van der Waals surface area contributed by atoms with Gasteiger partial charge in [0.15, 0.2) is 0 Å². The maximum absolute atomic E-state index is 5.10. The molecule has 0 aromatic rings. The Balaban J connectivity index is 3.22. The third-order valence-electron chi connectivity index (χ3n) is 2.27. The zero-order valence-corrected chi connectivity index (χ0v) is 9.11. The third kappa shape index (κ3) is 7.83. The molecule has 0 radical (unpaired) electrons. The highest BCUT2D eigenvalue weighted by molar-refractivity contribution is 4.86. The molecule has 0 unspecified atom stereocenters. The predicted octanol–water partition coefficient (Wildman–Crippen LogP) is 1.23. The Morgan fingerprint density at radius 2 is 1.85 bits per heavy atom. The van der Waals surface area contributed by atoms with E-state index in [9.17, 15) is 0 Å². The van der Waals surface area contributed by atoms with Crippen LogP contribution in [0.25, 0.3) is 0 Å². The van der Waals surface area contributed by atoms with Gasteiger partial charge in [0, 0.05) is 19.6 Å². The summed E-state index contributed by atoms with van der Waals surface area (Å²) < 4.78 is 0. The first kappa shape index (κ1) is 12.5. The van der Waals surface area contributed by atoms with Gasteiger partial charge >= 0.3 is 0 Å². The van der Waals surface area contributed by atoms with Gasteiger partial charge in [-0.15, -0.1) is 6.42 Å². The van der Waals surface area contributed by atoms with Gasteiger partial charge in [-0.3, -0.25) is 0 Å². The third-order valence-corrected chi connectivity index (χ3v) is 2.27. The van der Waals surface area contributed by atoms with Crippen LogP contribution in [-0.2, 0) is 0 Å². The minimum Gasteiger partial charge on any atom is -0.315 e. The average molecular weight is 182 g/mol. The van der Waals surface area contributed by atoms with E-state index in [1.54, 1.807) is 0 Å². The highest BCUT2D eigenvalue weighted by Crippen LogP contribution is 2.17. The van der Waals surface area contributed by atoms with Gasteiger partial charge in [-0.05, 0) is 11.8 Å². The molecule has 13 heavy (non-hydrogen) atoms. The summed E-state index contributed by atoms with van der Waals surface area (Å²) in [6.07, 6.45) is 6.31. The number of hydrogen-bond acceptors (Lipinski definition) is 2. The summed E-state index contributed by atoms with van der Waals surface area (Å²) >= 11 is 0. The fraction of sp³-hybridized carbons (Fsp3) is 0.818. The number of nitrogens with one attached hydrogen (secondary N) is 2. The Labute approximate surface area is 82.5 Å². The topological polar surface area (TPSA) is 24.1 Å². The molecule has 0 saturated carbocycles. The number of terminal acetylenes is 1. The summed E-state index contributed by atoms with van der Waals surface area (Å²) in [5.74, 6) is 2.55. The van der Waals surface area contributed by atoms with Crippen LogP contribution < -0.4 is 10.6 Å². The molecule has 2 nitrogen and oxygen atoms in total. The van der Waals surface area contributed by atoms with Crippen LogP contribution in [0, 0.1) is 17.8 Å². The van der Waals surface area contributed by atoms with E-state index >= 15 is 0 Å². The van der Waals surface area contributed by atoms with Crippen molar-refractivity contribution in [3.63, 3.8) is 0 Å². The van der Waals surface area contributed by atoms with Crippen LogP contribution in [0.5, 0.6) is 0 Å². The minimum absolute atomic E-state index is 0.409. The summed E-state index contributed by atoms with van der Waals surface area (Å²) in [7, 11) is 0. The fourth-order valence-corrected chi connectivity index (χ4v) is 0.889. The normalized spacial score (nSPS) is 11.2.